The number of thiophene rings is 2. The van der Waals surface area contributed by atoms with Gasteiger partial charge in [0.2, 0.25) is 0 Å². The van der Waals surface area contributed by atoms with Crippen molar-refractivity contribution in [2.45, 2.75) is 6.04 Å². The first-order valence-corrected chi connectivity index (χ1v) is 16.2. The Morgan fingerprint density at radius 3 is 2.28 bits per heavy atom. The molecule has 2 aliphatic rings. The summed E-state index contributed by atoms with van der Waals surface area (Å²) < 4.78 is 7.72. The molecule has 0 amide bonds. The van der Waals surface area contributed by atoms with E-state index in [1.807, 2.05) is 22.7 Å². The molecule has 1 N–H and O–H groups in total. The summed E-state index contributed by atoms with van der Waals surface area (Å²) in [7, 11) is 0. The molecule has 200 valence electrons. The maximum atomic E-state index is 5.21. The number of anilines is 1. The maximum absolute atomic E-state index is 5.21. The minimum absolute atomic E-state index is 0.105. The minimum atomic E-state index is 0.105. The highest BCUT2D eigenvalue weighted by Crippen LogP contribution is 2.51. The topological polar surface area (TPSA) is 28.8 Å². The van der Waals surface area contributed by atoms with Crippen LogP contribution in [0.15, 0.2) is 120 Å². The summed E-state index contributed by atoms with van der Waals surface area (Å²) in [6.45, 7) is 0. The number of nitrogens with one attached hydrogen (secondary N) is 1. The number of fused-ring (bicyclic) bond motifs is 14. The first-order chi connectivity index (χ1) is 21.3. The van der Waals surface area contributed by atoms with Gasteiger partial charge in [0.25, 0.3) is 0 Å². The zero-order chi connectivity index (χ0) is 27.8. The number of hydrogen-bond donors (Lipinski definition) is 1. The van der Waals surface area contributed by atoms with Gasteiger partial charge in [-0.3, -0.25) is 4.40 Å². The molecule has 1 aliphatic heterocycles. The van der Waals surface area contributed by atoms with Crippen molar-refractivity contribution in [1.29, 1.82) is 0 Å². The Labute approximate surface area is 253 Å². The minimum Gasteiger partial charge on any atom is -0.370 e. The second-order valence-electron chi connectivity index (χ2n) is 11.6. The van der Waals surface area contributed by atoms with Crippen molar-refractivity contribution in [1.82, 2.24) is 4.40 Å². The molecular weight excluding hydrogens is 563 g/mol. The number of hydrogen-bond acceptors (Lipinski definition) is 4. The predicted molar refractivity (Wildman–Crippen MR) is 188 cm³/mol. The van der Waals surface area contributed by atoms with Crippen molar-refractivity contribution in [2.75, 3.05) is 5.32 Å². The third kappa shape index (κ3) is 2.86. The molecule has 1 aliphatic carbocycles. The molecule has 5 aromatic carbocycles. The lowest BCUT2D eigenvalue weighted by atomic mass is 9.99. The highest BCUT2D eigenvalue weighted by Gasteiger charge is 2.30. The van der Waals surface area contributed by atoms with E-state index in [0.29, 0.717) is 0 Å². The second-order valence-corrected chi connectivity index (χ2v) is 13.8. The van der Waals surface area contributed by atoms with Crippen molar-refractivity contribution in [3.8, 4) is 11.1 Å². The van der Waals surface area contributed by atoms with Crippen LogP contribution < -0.4 is 5.32 Å². The molecule has 0 radical (unpaired) electrons. The fraction of sp³-hybridized carbons (Fsp3) is 0.0263. The van der Waals surface area contributed by atoms with E-state index in [4.69, 9.17) is 4.99 Å². The Morgan fingerprint density at radius 2 is 1.37 bits per heavy atom. The van der Waals surface area contributed by atoms with Crippen LogP contribution in [0.3, 0.4) is 0 Å². The van der Waals surface area contributed by atoms with Gasteiger partial charge in [-0.15, -0.1) is 22.7 Å². The van der Waals surface area contributed by atoms with E-state index in [2.05, 4.69) is 125 Å². The van der Waals surface area contributed by atoms with Gasteiger partial charge in [-0.2, -0.15) is 0 Å². The largest absolute Gasteiger partial charge is 0.370 e. The van der Waals surface area contributed by atoms with Crippen molar-refractivity contribution in [2.24, 2.45) is 4.99 Å². The van der Waals surface area contributed by atoms with Gasteiger partial charge in [0.05, 0.1) is 28.5 Å². The van der Waals surface area contributed by atoms with Gasteiger partial charge in [0.1, 0.15) is 0 Å². The molecule has 1 atom stereocenters. The third-order valence-electron chi connectivity index (χ3n) is 9.32. The first kappa shape index (κ1) is 22.6. The predicted octanol–water partition coefficient (Wildman–Crippen LogP) is 11.1. The summed E-state index contributed by atoms with van der Waals surface area (Å²) in [5, 5.41) is 13.1. The molecule has 5 heteroatoms. The van der Waals surface area contributed by atoms with Crippen molar-refractivity contribution >= 4 is 107 Å². The summed E-state index contributed by atoms with van der Waals surface area (Å²) in [5.74, 6) is 1.01. The fourth-order valence-corrected chi connectivity index (χ4v) is 9.78. The second kappa shape index (κ2) is 7.90. The number of aromatic nitrogens is 1. The smallest absolute Gasteiger partial charge is 0.162 e. The lowest BCUT2D eigenvalue weighted by Gasteiger charge is -2.23. The third-order valence-corrected chi connectivity index (χ3v) is 11.6. The van der Waals surface area contributed by atoms with Gasteiger partial charge < -0.3 is 5.32 Å². The quantitative estimate of drug-likeness (QED) is 0.205. The Kier molecular flexibility index (Phi) is 4.15. The number of para-hydroxylation sites is 1. The van der Waals surface area contributed by atoms with Gasteiger partial charge in [-0.1, -0.05) is 78.9 Å². The first-order valence-electron chi connectivity index (χ1n) is 14.6. The Hall–Kier alpha value is -4.97. The highest BCUT2D eigenvalue weighted by molar-refractivity contribution is 7.26. The van der Waals surface area contributed by atoms with Gasteiger partial charge in [0.15, 0.2) is 5.82 Å². The molecule has 3 nitrogen and oxygen atoms in total. The molecule has 4 aromatic heterocycles. The number of benzene rings is 5. The Balaban J connectivity index is 1.18. The van der Waals surface area contributed by atoms with Crippen LogP contribution in [-0.2, 0) is 0 Å². The Morgan fingerprint density at radius 1 is 0.628 bits per heavy atom. The van der Waals surface area contributed by atoms with E-state index in [-0.39, 0.29) is 6.04 Å². The average molecular weight is 584 g/mol. The van der Waals surface area contributed by atoms with E-state index in [0.717, 1.165) is 17.2 Å². The summed E-state index contributed by atoms with van der Waals surface area (Å²) in [5.41, 5.74) is 7.21. The SMILES string of the molecule is C1=CC2=Nc3c(c4cc5sc6cc(-c7ccc8c(c7)sc7ccccc78)ccc6c5c5c6ccccc6n3c45)NC2C=C1. The lowest BCUT2D eigenvalue weighted by Crippen LogP contribution is -2.29. The van der Waals surface area contributed by atoms with Gasteiger partial charge in [-0.05, 0) is 47.5 Å². The molecule has 0 spiro atoms. The molecule has 0 saturated heterocycles. The molecular formula is C38H21N3S2. The number of nitrogens with zero attached hydrogens (tertiary/aromatic N) is 2. The number of allylic oxidation sites excluding steroid dienone is 2. The van der Waals surface area contributed by atoms with Crippen molar-refractivity contribution in [3.05, 3.63) is 115 Å². The van der Waals surface area contributed by atoms with Crippen molar-refractivity contribution < 1.29 is 0 Å². The molecule has 9 aromatic rings. The van der Waals surface area contributed by atoms with E-state index in [1.54, 1.807) is 0 Å². The van der Waals surface area contributed by atoms with Crippen LogP contribution in [0.25, 0.3) is 78.7 Å². The lowest BCUT2D eigenvalue weighted by molar-refractivity contribution is 1.11. The van der Waals surface area contributed by atoms with Gasteiger partial charge in [0, 0.05) is 56.5 Å². The molecule has 11 rings (SSSR count). The molecule has 5 heterocycles. The summed E-state index contributed by atoms with van der Waals surface area (Å²) >= 11 is 3.78. The summed E-state index contributed by atoms with van der Waals surface area (Å²) in [6.07, 6.45) is 8.50. The highest BCUT2D eigenvalue weighted by atomic mass is 32.1. The van der Waals surface area contributed by atoms with Crippen LogP contribution in [0, 0.1) is 0 Å². The standard InChI is InChI=1S/C38H21N3S2/c1-5-11-29-24(8-1)35-34-25-16-14-21(20-13-15-23-22-7-2-6-12-30(22)42-31(23)17-20)18-32(25)43-33(34)19-26-36-38(41(29)37(26)35)40-28-10-4-3-9-27(28)39-36/h1-19,27,39H. The van der Waals surface area contributed by atoms with Crippen LogP contribution >= 0.6 is 22.7 Å². The van der Waals surface area contributed by atoms with Crippen LogP contribution in [0.5, 0.6) is 0 Å². The van der Waals surface area contributed by atoms with Crippen LogP contribution in [0.2, 0.25) is 0 Å². The van der Waals surface area contributed by atoms with E-state index in [1.165, 1.54) is 78.7 Å². The zero-order valence-electron chi connectivity index (χ0n) is 22.8. The molecule has 0 saturated carbocycles. The fourth-order valence-electron chi connectivity index (χ4n) is 7.44. The van der Waals surface area contributed by atoms with E-state index < -0.39 is 0 Å². The summed E-state index contributed by atoms with van der Waals surface area (Å²) in [4.78, 5) is 5.21. The van der Waals surface area contributed by atoms with Crippen LogP contribution in [-0.4, -0.2) is 16.2 Å². The number of aliphatic imine (C=N–C) groups is 1. The monoisotopic (exact) mass is 583 g/mol. The Bertz CT molecular complexity index is 2770. The van der Waals surface area contributed by atoms with Crippen LogP contribution in [0.4, 0.5) is 11.5 Å². The number of rotatable bonds is 1. The zero-order valence-corrected chi connectivity index (χ0v) is 24.4. The van der Waals surface area contributed by atoms with E-state index in [9.17, 15) is 0 Å². The molecule has 1 unspecified atom stereocenters. The molecule has 43 heavy (non-hydrogen) atoms. The average Bonchev–Trinajstić information content (AvgIpc) is 3.78. The van der Waals surface area contributed by atoms with Gasteiger partial charge >= 0.3 is 0 Å². The van der Waals surface area contributed by atoms with Gasteiger partial charge in [-0.25, -0.2) is 4.99 Å². The van der Waals surface area contributed by atoms with Crippen LogP contribution in [0.1, 0.15) is 0 Å². The molecule has 0 fully saturated rings. The normalized spacial score (nSPS) is 16.3. The molecule has 0 bridgehead atoms. The maximum Gasteiger partial charge on any atom is 0.162 e. The summed E-state index contributed by atoms with van der Waals surface area (Å²) in [6, 6.07) is 34.0. The van der Waals surface area contributed by atoms with Crippen molar-refractivity contribution in [3.63, 3.8) is 0 Å². The van der Waals surface area contributed by atoms with E-state index >= 15 is 0 Å².